The number of nitrogens with zero attached hydrogens (tertiary/aromatic N) is 1. The van der Waals surface area contributed by atoms with Crippen molar-refractivity contribution in [2.45, 2.75) is 39.7 Å². The van der Waals surface area contributed by atoms with Gasteiger partial charge >= 0.3 is 0 Å². The zero-order valence-electron chi connectivity index (χ0n) is 10.5. The van der Waals surface area contributed by atoms with Gasteiger partial charge in [-0.05, 0) is 37.8 Å². The summed E-state index contributed by atoms with van der Waals surface area (Å²) in [4.78, 5) is 2.74. The molecule has 2 saturated heterocycles. The third-order valence-electron chi connectivity index (χ3n) is 4.70. The molecule has 0 amide bonds. The standard InChI is InChI=1S/C13H26N2/c1-4-11(5-2)8-15-9-12-6-14-7-13(12)10(15)3/h10-14H,4-9H2,1-3H3. The molecule has 2 heteroatoms. The van der Waals surface area contributed by atoms with Crippen molar-refractivity contribution in [2.24, 2.45) is 17.8 Å². The fourth-order valence-corrected chi connectivity index (χ4v) is 3.38. The number of fused-ring (bicyclic) bond motifs is 1. The Bertz CT molecular complexity index is 201. The molecule has 0 aromatic carbocycles. The number of hydrogen-bond acceptors (Lipinski definition) is 2. The van der Waals surface area contributed by atoms with Crippen LogP contribution in [0.2, 0.25) is 0 Å². The minimum absolute atomic E-state index is 0.811. The highest BCUT2D eigenvalue weighted by molar-refractivity contribution is 4.96. The Hall–Kier alpha value is -0.0800. The summed E-state index contributed by atoms with van der Waals surface area (Å²) in [6.07, 6.45) is 2.68. The van der Waals surface area contributed by atoms with Crippen LogP contribution >= 0.6 is 0 Å². The lowest BCUT2D eigenvalue weighted by Gasteiger charge is -2.27. The van der Waals surface area contributed by atoms with Gasteiger partial charge in [-0.2, -0.15) is 0 Å². The van der Waals surface area contributed by atoms with Crippen molar-refractivity contribution in [1.29, 1.82) is 0 Å². The predicted molar refractivity (Wildman–Crippen MR) is 65.0 cm³/mol. The normalized spacial score (nSPS) is 36.4. The summed E-state index contributed by atoms with van der Waals surface area (Å²) >= 11 is 0. The second-order valence-electron chi connectivity index (χ2n) is 5.46. The van der Waals surface area contributed by atoms with Crippen LogP contribution in [0.5, 0.6) is 0 Å². The van der Waals surface area contributed by atoms with Gasteiger partial charge in [0.2, 0.25) is 0 Å². The van der Waals surface area contributed by atoms with Crippen LogP contribution in [0.3, 0.4) is 0 Å². The van der Waals surface area contributed by atoms with E-state index in [2.05, 4.69) is 31.0 Å². The average molecular weight is 210 g/mol. The highest BCUT2D eigenvalue weighted by atomic mass is 15.2. The van der Waals surface area contributed by atoms with E-state index >= 15 is 0 Å². The molecule has 2 heterocycles. The molecule has 3 unspecified atom stereocenters. The zero-order chi connectivity index (χ0) is 10.8. The second-order valence-corrected chi connectivity index (χ2v) is 5.46. The van der Waals surface area contributed by atoms with E-state index in [9.17, 15) is 0 Å². The topological polar surface area (TPSA) is 15.3 Å². The Balaban J connectivity index is 1.89. The highest BCUT2D eigenvalue weighted by Gasteiger charge is 2.41. The van der Waals surface area contributed by atoms with Crippen molar-refractivity contribution >= 4 is 0 Å². The van der Waals surface area contributed by atoms with Gasteiger partial charge in [-0.3, -0.25) is 4.90 Å². The lowest BCUT2D eigenvalue weighted by molar-refractivity contribution is 0.198. The molecule has 0 aliphatic carbocycles. The van der Waals surface area contributed by atoms with Gasteiger partial charge in [-0.1, -0.05) is 26.7 Å². The first kappa shape index (κ1) is 11.4. The first-order valence-corrected chi connectivity index (χ1v) is 6.71. The molecule has 0 radical (unpaired) electrons. The number of hydrogen-bond donors (Lipinski definition) is 1. The molecule has 1 N–H and O–H groups in total. The molecule has 2 aliphatic rings. The van der Waals surface area contributed by atoms with Crippen molar-refractivity contribution < 1.29 is 0 Å². The van der Waals surface area contributed by atoms with Gasteiger partial charge in [0.1, 0.15) is 0 Å². The monoisotopic (exact) mass is 210 g/mol. The molecule has 2 fully saturated rings. The van der Waals surface area contributed by atoms with Crippen LogP contribution in [-0.2, 0) is 0 Å². The smallest absolute Gasteiger partial charge is 0.0111 e. The maximum absolute atomic E-state index is 3.53. The minimum Gasteiger partial charge on any atom is -0.316 e. The van der Waals surface area contributed by atoms with Crippen LogP contribution in [0.15, 0.2) is 0 Å². The fraction of sp³-hybridized carbons (Fsp3) is 1.00. The summed E-state index contributed by atoms with van der Waals surface area (Å²) in [5.74, 6) is 2.79. The van der Waals surface area contributed by atoms with Crippen molar-refractivity contribution in [2.75, 3.05) is 26.2 Å². The molecular formula is C13H26N2. The van der Waals surface area contributed by atoms with Crippen LogP contribution < -0.4 is 5.32 Å². The largest absolute Gasteiger partial charge is 0.316 e. The summed E-state index contributed by atoms with van der Waals surface area (Å²) < 4.78 is 0. The Kier molecular flexibility index (Phi) is 3.68. The third kappa shape index (κ3) is 2.21. The van der Waals surface area contributed by atoms with E-state index < -0.39 is 0 Å². The minimum atomic E-state index is 0.811. The quantitative estimate of drug-likeness (QED) is 0.763. The van der Waals surface area contributed by atoms with Gasteiger partial charge in [-0.15, -0.1) is 0 Å². The van der Waals surface area contributed by atoms with Crippen molar-refractivity contribution in [3.63, 3.8) is 0 Å². The van der Waals surface area contributed by atoms with Crippen LogP contribution in [0, 0.1) is 17.8 Å². The van der Waals surface area contributed by atoms with Crippen molar-refractivity contribution in [3.8, 4) is 0 Å². The Labute approximate surface area is 94.4 Å². The Morgan fingerprint density at radius 3 is 2.60 bits per heavy atom. The molecule has 0 aromatic heterocycles. The molecule has 2 aliphatic heterocycles. The maximum Gasteiger partial charge on any atom is 0.0111 e. The second kappa shape index (κ2) is 4.84. The van der Waals surface area contributed by atoms with Gasteiger partial charge < -0.3 is 5.32 Å². The number of nitrogens with one attached hydrogen (secondary N) is 1. The third-order valence-corrected chi connectivity index (χ3v) is 4.70. The molecule has 0 aromatic rings. The Morgan fingerprint density at radius 2 is 2.00 bits per heavy atom. The van der Waals surface area contributed by atoms with E-state index in [1.54, 1.807) is 0 Å². The van der Waals surface area contributed by atoms with Crippen molar-refractivity contribution in [3.05, 3.63) is 0 Å². The average Bonchev–Trinajstić information content (AvgIpc) is 2.80. The SMILES string of the molecule is CCC(CC)CN1CC2CNCC2C1C. The Morgan fingerprint density at radius 1 is 1.27 bits per heavy atom. The summed E-state index contributed by atoms with van der Waals surface area (Å²) in [6, 6.07) is 0.811. The van der Waals surface area contributed by atoms with Gasteiger partial charge in [0, 0.05) is 19.1 Å². The van der Waals surface area contributed by atoms with E-state index in [1.807, 2.05) is 0 Å². The van der Waals surface area contributed by atoms with Crippen LogP contribution in [0.4, 0.5) is 0 Å². The molecule has 2 nitrogen and oxygen atoms in total. The maximum atomic E-state index is 3.53. The lowest BCUT2D eigenvalue weighted by atomic mass is 9.95. The van der Waals surface area contributed by atoms with Gasteiger partial charge in [0.25, 0.3) is 0 Å². The fourth-order valence-electron chi connectivity index (χ4n) is 3.38. The van der Waals surface area contributed by atoms with Crippen LogP contribution in [0.1, 0.15) is 33.6 Å². The molecule has 0 spiro atoms. The summed E-state index contributed by atoms with van der Waals surface area (Å²) in [6.45, 7) is 12.3. The van der Waals surface area contributed by atoms with Gasteiger partial charge in [0.05, 0.1) is 0 Å². The van der Waals surface area contributed by atoms with E-state index in [0.717, 1.165) is 23.8 Å². The van der Waals surface area contributed by atoms with Crippen molar-refractivity contribution in [1.82, 2.24) is 10.2 Å². The lowest BCUT2D eigenvalue weighted by Crippen LogP contribution is -2.36. The molecular weight excluding hydrogens is 184 g/mol. The molecule has 0 saturated carbocycles. The van der Waals surface area contributed by atoms with Crippen LogP contribution in [-0.4, -0.2) is 37.1 Å². The highest BCUT2D eigenvalue weighted by Crippen LogP contribution is 2.33. The first-order valence-electron chi connectivity index (χ1n) is 6.71. The molecule has 2 rings (SSSR count). The molecule has 3 atom stereocenters. The van der Waals surface area contributed by atoms with Gasteiger partial charge in [-0.25, -0.2) is 0 Å². The number of likely N-dealkylation sites (tertiary alicyclic amines) is 1. The summed E-state index contributed by atoms with van der Waals surface area (Å²) in [7, 11) is 0. The molecule has 15 heavy (non-hydrogen) atoms. The molecule has 88 valence electrons. The summed E-state index contributed by atoms with van der Waals surface area (Å²) in [5.41, 5.74) is 0. The van der Waals surface area contributed by atoms with Gasteiger partial charge in [0.15, 0.2) is 0 Å². The van der Waals surface area contributed by atoms with Crippen LogP contribution in [0.25, 0.3) is 0 Å². The molecule has 0 bridgehead atoms. The summed E-state index contributed by atoms with van der Waals surface area (Å²) in [5, 5.41) is 3.53. The van der Waals surface area contributed by atoms with E-state index in [0.29, 0.717) is 0 Å². The van der Waals surface area contributed by atoms with E-state index in [-0.39, 0.29) is 0 Å². The van der Waals surface area contributed by atoms with E-state index in [1.165, 1.54) is 39.0 Å². The van der Waals surface area contributed by atoms with E-state index in [4.69, 9.17) is 0 Å². The zero-order valence-corrected chi connectivity index (χ0v) is 10.5. The number of rotatable bonds is 4. The first-order chi connectivity index (χ1) is 7.26. The predicted octanol–water partition coefficient (Wildman–Crippen LogP) is 1.96.